The maximum Gasteiger partial charge on any atom is 0.166 e. The van der Waals surface area contributed by atoms with Crippen LogP contribution >= 0.6 is 0 Å². The number of benzene rings is 1. The summed E-state index contributed by atoms with van der Waals surface area (Å²) in [6.07, 6.45) is 3.03. The van der Waals surface area contributed by atoms with E-state index in [2.05, 4.69) is 24.8 Å². The number of carbonyl (C=O) groups is 1. The zero-order chi connectivity index (χ0) is 11.5. The highest BCUT2D eigenvalue weighted by Gasteiger charge is 2.25. The van der Waals surface area contributed by atoms with Gasteiger partial charge in [0.15, 0.2) is 5.78 Å². The molecule has 0 aromatic heterocycles. The van der Waals surface area contributed by atoms with Crippen LogP contribution in [0.5, 0.6) is 0 Å². The van der Waals surface area contributed by atoms with Gasteiger partial charge >= 0.3 is 0 Å². The summed E-state index contributed by atoms with van der Waals surface area (Å²) in [5.41, 5.74) is 2.02. The fourth-order valence-corrected chi connectivity index (χ4v) is 2.47. The molecule has 1 aliphatic heterocycles. The molecule has 1 unspecified atom stereocenters. The molecular formula is C14H19NO. The Hall–Kier alpha value is -1.31. The number of hydrogen-bond donors (Lipinski definition) is 0. The first kappa shape index (κ1) is 11.2. The molecule has 0 radical (unpaired) electrons. The van der Waals surface area contributed by atoms with Crippen molar-refractivity contribution in [2.24, 2.45) is 0 Å². The standard InChI is InChI=1S/C14H19NO/c1-3-6-11(2)15-10-9-14(16)12-7-4-5-8-13(12)15/h4-5,7-8,11H,3,6,9-10H2,1-2H3. The van der Waals surface area contributed by atoms with Crippen LogP contribution < -0.4 is 4.90 Å². The topological polar surface area (TPSA) is 20.3 Å². The molecule has 2 rings (SSSR count). The highest BCUT2D eigenvalue weighted by Crippen LogP contribution is 2.29. The Morgan fingerprint density at radius 1 is 1.38 bits per heavy atom. The highest BCUT2D eigenvalue weighted by atomic mass is 16.1. The largest absolute Gasteiger partial charge is 0.368 e. The van der Waals surface area contributed by atoms with Crippen LogP contribution in [0, 0.1) is 0 Å². The summed E-state index contributed by atoms with van der Waals surface area (Å²) in [6, 6.07) is 8.51. The zero-order valence-corrected chi connectivity index (χ0v) is 10.1. The van der Waals surface area contributed by atoms with Gasteiger partial charge in [0.2, 0.25) is 0 Å². The van der Waals surface area contributed by atoms with E-state index in [0.717, 1.165) is 17.8 Å². The van der Waals surface area contributed by atoms with Crippen molar-refractivity contribution in [2.75, 3.05) is 11.4 Å². The number of anilines is 1. The summed E-state index contributed by atoms with van der Waals surface area (Å²) in [6.45, 7) is 5.32. The Labute approximate surface area is 97.3 Å². The van der Waals surface area contributed by atoms with Gasteiger partial charge in [-0.05, 0) is 25.5 Å². The average Bonchev–Trinajstić information content (AvgIpc) is 2.30. The van der Waals surface area contributed by atoms with Crippen molar-refractivity contribution in [3.8, 4) is 0 Å². The average molecular weight is 217 g/mol. The van der Waals surface area contributed by atoms with Gasteiger partial charge in [0.25, 0.3) is 0 Å². The molecule has 0 bridgehead atoms. The molecule has 0 N–H and O–H groups in total. The number of nitrogens with zero attached hydrogens (tertiary/aromatic N) is 1. The molecule has 86 valence electrons. The fraction of sp³-hybridized carbons (Fsp3) is 0.500. The molecule has 0 saturated carbocycles. The van der Waals surface area contributed by atoms with E-state index < -0.39 is 0 Å². The van der Waals surface area contributed by atoms with Crippen molar-refractivity contribution in [3.63, 3.8) is 0 Å². The van der Waals surface area contributed by atoms with Crippen molar-refractivity contribution in [1.29, 1.82) is 0 Å². The number of hydrogen-bond acceptors (Lipinski definition) is 2. The van der Waals surface area contributed by atoms with Crippen molar-refractivity contribution in [2.45, 2.75) is 39.2 Å². The predicted octanol–water partition coefficient (Wildman–Crippen LogP) is 3.27. The van der Waals surface area contributed by atoms with E-state index in [9.17, 15) is 4.79 Å². The summed E-state index contributed by atoms with van der Waals surface area (Å²) in [4.78, 5) is 14.2. The van der Waals surface area contributed by atoms with Gasteiger partial charge in [-0.1, -0.05) is 25.5 Å². The number of carbonyl (C=O) groups excluding carboxylic acids is 1. The Kier molecular flexibility index (Phi) is 3.28. The number of fused-ring (bicyclic) bond motifs is 1. The van der Waals surface area contributed by atoms with E-state index in [0.29, 0.717) is 12.5 Å². The minimum absolute atomic E-state index is 0.288. The van der Waals surface area contributed by atoms with Crippen LogP contribution in [-0.4, -0.2) is 18.4 Å². The maximum absolute atomic E-state index is 11.8. The Morgan fingerprint density at radius 2 is 2.12 bits per heavy atom. The molecule has 16 heavy (non-hydrogen) atoms. The Bertz CT molecular complexity index is 386. The SMILES string of the molecule is CCCC(C)N1CCC(=O)c2ccccc21. The van der Waals surface area contributed by atoms with Crippen LogP contribution in [-0.2, 0) is 0 Å². The zero-order valence-electron chi connectivity index (χ0n) is 10.1. The second-order valence-corrected chi connectivity index (χ2v) is 4.52. The lowest BCUT2D eigenvalue weighted by atomic mass is 9.98. The van der Waals surface area contributed by atoms with Gasteiger partial charge in [-0.25, -0.2) is 0 Å². The Morgan fingerprint density at radius 3 is 2.88 bits per heavy atom. The fourth-order valence-electron chi connectivity index (χ4n) is 2.47. The molecule has 1 aliphatic rings. The van der Waals surface area contributed by atoms with Crippen molar-refractivity contribution in [3.05, 3.63) is 29.8 Å². The molecule has 1 aromatic carbocycles. The minimum Gasteiger partial charge on any atom is -0.368 e. The molecule has 1 atom stereocenters. The highest BCUT2D eigenvalue weighted by molar-refractivity contribution is 6.03. The second-order valence-electron chi connectivity index (χ2n) is 4.52. The van der Waals surface area contributed by atoms with Crippen LogP contribution in [0.3, 0.4) is 0 Å². The molecule has 0 amide bonds. The third-order valence-electron chi connectivity index (χ3n) is 3.33. The van der Waals surface area contributed by atoms with Gasteiger partial charge in [0.05, 0.1) is 0 Å². The van der Waals surface area contributed by atoms with E-state index >= 15 is 0 Å². The normalized spacial score (nSPS) is 17.1. The molecule has 0 spiro atoms. The Balaban J connectivity index is 2.31. The lowest BCUT2D eigenvalue weighted by molar-refractivity contribution is 0.0979. The molecule has 2 heteroatoms. The van der Waals surface area contributed by atoms with E-state index in [1.54, 1.807) is 0 Å². The van der Waals surface area contributed by atoms with E-state index in [4.69, 9.17) is 0 Å². The maximum atomic E-state index is 11.8. The molecule has 0 aliphatic carbocycles. The third-order valence-corrected chi connectivity index (χ3v) is 3.33. The molecule has 2 nitrogen and oxygen atoms in total. The van der Waals surface area contributed by atoms with Gasteiger partial charge in [-0.15, -0.1) is 0 Å². The van der Waals surface area contributed by atoms with Crippen molar-refractivity contribution >= 4 is 11.5 Å². The number of para-hydroxylation sites is 1. The van der Waals surface area contributed by atoms with Crippen LogP contribution in [0.25, 0.3) is 0 Å². The van der Waals surface area contributed by atoms with E-state index in [1.165, 1.54) is 12.8 Å². The van der Waals surface area contributed by atoms with Gasteiger partial charge in [0, 0.05) is 30.3 Å². The lowest BCUT2D eigenvalue weighted by Gasteiger charge is -2.35. The van der Waals surface area contributed by atoms with Gasteiger partial charge < -0.3 is 4.90 Å². The van der Waals surface area contributed by atoms with Crippen LogP contribution in [0.4, 0.5) is 5.69 Å². The second kappa shape index (κ2) is 4.69. The monoisotopic (exact) mass is 217 g/mol. The summed E-state index contributed by atoms with van der Waals surface area (Å²) in [7, 11) is 0. The first-order valence-corrected chi connectivity index (χ1v) is 6.13. The quantitative estimate of drug-likeness (QED) is 0.774. The van der Waals surface area contributed by atoms with Crippen LogP contribution in [0.1, 0.15) is 43.5 Å². The molecular weight excluding hydrogens is 198 g/mol. The lowest BCUT2D eigenvalue weighted by Crippen LogP contribution is -2.38. The van der Waals surface area contributed by atoms with Crippen molar-refractivity contribution < 1.29 is 4.79 Å². The van der Waals surface area contributed by atoms with Crippen LogP contribution in [0.2, 0.25) is 0 Å². The van der Waals surface area contributed by atoms with Crippen LogP contribution in [0.15, 0.2) is 24.3 Å². The smallest absolute Gasteiger partial charge is 0.166 e. The predicted molar refractivity (Wildman–Crippen MR) is 67.1 cm³/mol. The molecule has 0 fully saturated rings. The molecule has 1 aromatic rings. The number of rotatable bonds is 3. The molecule has 1 heterocycles. The first-order chi connectivity index (χ1) is 7.74. The summed E-state index contributed by atoms with van der Waals surface area (Å²) in [5, 5.41) is 0. The van der Waals surface area contributed by atoms with Gasteiger partial charge in [0.1, 0.15) is 0 Å². The van der Waals surface area contributed by atoms with Crippen molar-refractivity contribution in [1.82, 2.24) is 0 Å². The summed E-state index contributed by atoms with van der Waals surface area (Å²) >= 11 is 0. The summed E-state index contributed by atoms with van der Waals surface area (Å²) in [5.74, 6) is 0.288. The number of Topliss-reactive ketones (excluding diaryl/α,β-unsaturated/α-hetero) is 1. The number of ketones is 1. The third kappa shape index (κ3) is 1.97. The molecule has 0 saturated heterocycles. The van der Waals surface area contributed by atoms with E-state index in [-0.39, 0.29) is 5.78 Å². The van der Waals surface area contributed by atoms with Gasteiger partial charge in [-0.2, -0.15) is 0 Å². The van der Waals surface area contributed by atoms with E-state index in [1.807, 2.05) is 18.2 Å². The first-order valence-electron chi connectivity index (χ1n) is 6.13. The summed E-state index contributed by atoms with van der Waals surface area (Å²) < 4.78 is 0. The van der Waals surface area contributed by atoms with Gasteiger partial charge in [-0.3, -0.25) is 4.79 Å². The minimum atomic E-state index is 0.288.